The smallest absolute Gasteiger partial charge is 0.439 e. The third-order valence-corrected chi connectivity index (χ3v) is 9.79. The van der Waals surface area contributed by atoms with Crippen molar-refractivity contribution in [3.05, 3.63) is 52.7 Å². The van der Waals surface area contributed by atoms with Gasteiger partial charge >= 0.3 is 25.6 Å². The van der Waals surface area contributed by atoms with E-state index < -0.39 is 60.0 Å². The molecule has 0 bridgehead atoms. The summed E-state index contributed by atoms with van der Waals surface area (Å²) < 4.78 is 99.6. The average molecular weight is 686 g/mol. The summed E-state index contributed by atoms with van der Waals surface area (Å²) in [7, 11) is -0.739. The van der Waals surface area contributed by atoms with E-state index in [-0.39, 0.29) is 24.2 Å². The van der Waals surface area contributed by atoms with Gasteiger partial charge in [0.05, 0.1) is 34.9 Å². The second-order valence-corrected chi connectivity index (χ2v) is 13.4. The van der Waals surface area contributed by atoms with Gasteiger partial charge < -0.3 is 18.9 Å². The summed E-state index contributed by atoms with van der Waals surface area (Å²) in [6.45, 7) is 15.9. The molecule has 5 rings (SSSR count). The van der Waals surface area contributed by atoms with Crippen LogP contribution in [0.5, 0.6) is 0 Å². The molecule has 2 aliphatic heterocycles. The normalized spacial score (nSPS) is 22.8. The zero-order chi connectivity index (χ0) is 35.8. The molecule has 1 aromatic heterocycles. The molecule has 3 heterocycles. The van der Waals surface area contributed by atoms with Crippen molar-refractivity contribution in [2.24, 2.45) is 0 Å². The van der Waals surface area contributed by atoms with Crippen molar-refractivity contribution in [1.29, 1.82) is 0 Å². The fourth-order valence-electron chi connectivity index (χ4n) is 6.46. The molecule has 7 nitrogen and oxygen atoms in total. The van der Waals surface area contributed by atoms with E-state index in [1.807, 2.05) is 54.5 Å². The summed E-state index contributed by atoms with van der Waals surface area (Å²) in [6, 6.07) is 2.48. The number of hydrogen-bond acceptors (Lipinski definition) is 6. The Bertz CT molecular complexity index is 1400. The standard InChI is InChI=1S/C32H40BF6N3O4.C2H6/c1-7-41(25-11-9-8-10-12-25)27-21(15-24(17-40-27)33-45-29(3,4)30(5,6)46-33)18-42-19(2)26(44-28(42)43)20-13-22(31(34,35)36)16-23(14-20)32(37,38)39;1-2/h13-17,19,25-26H,7-12,18H2,1-6H3;1-2H3. The lowest BCUT2D eigenvalue weighted by Gasteiger charge is -2.36. The number of benzene rings is 1. The highest BCUT2D eigenvalue weighted by Crippen LogP contribution is 2.42. The van der Waals surface area contributed by atoms with E-state index in [2.05, 4.69) is 4.90 Å². The van der Waals surface area contributed by atoms with Crippen molar-refractivity contribution in [2.45, 2.75) is 136 Å². The number of pyridine rings is 1. The van der Waals surface area contributed by atoms with Gasteiger partial charge in [0.25, 0.3) is 0 Å². The van der Waals surface area contributed by atoms with Gasteiger partial charge in [0, 0.05) is 29.8 Å². The average Bonchev–Trinajstić information content (AvgIpc) is 3.43. The summed E-state index contributed by atoms with van der Waals surface area (Å²) in [5.41, 5.74) is -3.28. The number of carbonyl (C=O) groups excluding carboxylic acids is 1. The van der Waals surface area contributed by atoms with E-state index in [1.165, 1.54) is 4.90 Å². The maximum absolute atomic E-state index is 13.6. The first-order valence-corrected chi connectivity index (χ1v) is 16.7. The van der Waals surface area contributed by atoms with E-state index in [0.717, 1.165) is 32.1 Å². The Balaban J connectivity index is 0.00000255. The minimum absolute atomic E-state index is 0.0412. The predicted octanol–water partition coefficient (Wildman–Crippen LogP) is 8.69. The highest BCUT2D eigenvalue weighted by atomic mass is 19.4. The third kappa shape index (κ3) is 7.74. The van der Waals surface area contributed by atoms with Crippen molar-refractivity contribution in [3.63, 3.8) is 0 Å². The van der Waals surface area contributed by atoms with Crippen LogP contribution >= 0.6 is 0 Å². The number of alkyl halides is 6. The van der Waals surface area contributed by atoms with Crippen LogP contribution in [0.1, 0.15) is 116 Å². The van der Waals surface area contributed by atoms with Crippen LogP contribution in [-0.4, -0.2) is 52.9 Å². The third-order valence-electron chi connectivity index (χ3n) is 9.79. The first-order chi connectivity index (χ1) is 22.3. The first-order valence-electron chi connectivity index (χ1n) is 16.7. The fraction of sp³-hybridized carbons (Fsp3) is 0.647. The number of rotatable bonds is 7. The van der Waals surface area contributed by atoms with Gasteiger partial charge in [-0.2, -0.15) is 26.3 Å². The molecule has 1 saturated carbocycles. The predicted molar refractivity (Wildman–Crippen MR) is 172 cm³/mol. The van der Waals surface area contributed by atoms with Crippen LogP contribution in [0.3, 0.4) is 0 Å². The largest absolute Gasteiger partial charge is 0.496 e. The van der Waals surface area contributed by atoms with Gasteiger partial charge in [0.1, 0.15) is 11.9 Å². The minimum atomic E-state index is -5.03. The number of hydrogen-bond donors (Lipinski definition) is 0. The van der Waals surface area contributed by atoms with E-state index in [4.69, 9.17) is 19.0 Å². The van der Waals surface area contributed by atoms with Crippen molar-refractivity contribution >= 4 is 24.5 Å². The van der Waals surface area contributed by atoms with E-state index >= 15 is 0 Å². The number of nitrogens with zero attached hydrogens (tertiary/aromatic N) is 3. The molecule has 0 N–H and O–H groups in total. The molecule has 2 aromatic rings. The van der Waals surface area contributed by atoms with Gasteiger partial charge in [0.15, 0.2) is 0 Å². The zero-order valence-corrected chi connectivity index (χ0v) is 28.9. The number of ether oxygens (including phenoxy) is 1. The van der Waals surface area contributed by atoms with Crippen LogP contribution in [0, 0.1) is 0 Å². The summed E-state index contributed by atoms with van der Waals surface area (Å²) in [5.74, 6) is 0.650. The topological polar surface area (TPSA) is 64.1 Å². The molecule has 266 valence electrons. The van der Waals surface area contributed by atoms with Crippen molar-refractivity contribution in [2.75, 3.05) is 11.4 Å². The molecule has 2 saturated heterocycles. The van der Waals surface area contributed by atoms with Crippen LogP contribution in [0.25, 0.3) is 0 Å². The molecule has 0 radical (unpaired) electrons. The lowest BCUT2D eigenvalue weighted by molar-refractivity contribution is -0.143. The molecule has 14 heteroatoms. The van der Waals surface area contributed by atoms with Crippen molar-refractivity contribution in [1.82, 2.24) is 9.88 Å². The van der Waals surface area contributed by atoms with Crippen LogP contribution in [0.2, 0.25) is 0 Å². The van der Waals surface area contributed by atoms with E-state index in [1.54, 1.807) is 13.1 Å². The Kier molecular flexibility index (Phi) is 11.1. The molecule has 3 aliphatic rings. The lowest BCUT2D eigenvalue weighted by Crippen LogP contribution is -2.41. The van der Waals surface area contributed by atoms with Crippen LogP contribution in [-0.2, 0) is 32.9 Å². The van der Waals surface area contributed by atoms with E-state index in [0.29, 0.717) is 35.5 Å². The molecule has 2 unspecified atom stereocenters. The second kappa shape index (κ2) is 14.1. The number of carbonyl (C=O) groups is 1. The number of halogens is 6. The quantitative estimate of drug-likeness (QED) is 0.215. The van der Waals surface area contributed by atoms with Crippen molar-refractivity contribution < 1.29 is 45.2 Å². The Hall–Kier alpha value is -3.00. The fourth-order valence-corrected chi connectivity index (χ4v) is 6.46. The molecule has 3 fully saturated rings. The van der Waals surface area contributed by atoms with Gasteiger partial charge in [-0.1, -0.05) is 39.2 Å². The Labute approximate surface area is 279 Å². The van der Waals surface area contributed by atoms with Crippen LogP contribution in [0.4, 0.5) is 37.0 Å². The highest BCUT2D eigenvalue weighted by Gasteiger charge is 2.52. The molecule has 1 aliphatic carbocycles. The Morgan fingerprint density at radius 2 is 1.46 bits per heavy atom. The molecule has 1 aromatic carbocycles. The van der Waals surface area contributed by atoms with Gasteiger partial charge in [-0.05, 0) is 78.1 Å². The molecule has 48 heavy (non-hydrogen) atoms. The molecule has 1 amide bonds. The highest BCUT2D eigenvalue weighted by molar-refractivity contribution is 6.62. The summed E-state index contributed by atoms with van der Waals surface area (Å²) in [6.07, 6.45) is -5.30. The summed E-state index contributed by atoms with van der Waals surface area (Å²) in [5, 5.41) is 0. The number of amides is 1. The Morgan fingerprint density at radius 3 is 1.96 bits per heavy atom. The molecule has 0 spiro atoms. The van der Waals surface area contributed by atoms with E-state index in [9.17, 15) is 31.1 Å². The minimum Gasteiger partial charge on any atom is -0.439 e. The van der Waals surface area contributed by atoms with Gasteiger partial charge in [-0.15, -0.1) is 0 Å². The maximum Gasteiger partial charge on any atom is 0.496 e. The van der Waals surface area contributed by atoms with Crippen LogP contribution in [0.15, 0.2) is 30.5 Å². The summed E-state index contributed by atoms with van der Waals surface area (Å²) in [4.78, 5) is 21.6. The molecular formula is C34H46BF6N3O4. The second-order valence-electron chi connectivity index (χ2n) is 13.4. The number of anilines is 1. The van der Waals surface area contributed by atoms with Crippen molar-refractivity contribution in [3.8, 4) is 0 Å². The lowest BCUT2D eigenvalue weighted by atomic mass is 9.79. The Morgan fingerprint density at radius 1 is 0.917 bits per heavy atom. The monoisotopic (exact) mass is 685 g/mol. The van der Waals surface area contributed by atoms with Crippen LogP contribution < -0.4 is 10.4 Å². The first kappa shape index (κ1) is 37.8. The van der Waals surface area contributed by atoms with Gasteiger partial charge in [0.2, 0.25) is 0 Å². The van der Waals surface area contributed by atoms with Gasteiger partial charge in [-0.25, -0.2) is 9.78 Å². The number of cyclic esters (lactones) is 1. The maximum atomic E-state index is 13.6. The molecular weight excluding hydrogens is 639 g/mol. The zero-order valence-electron chi connectivity index (χ0n) is 28.9. The SMILES string of the molecule is CC.CCN(c1ncc(B2OC(C)(C)C(C)(C)O2)cc1CN1C(=O)OC(c2cc(C(F)(F)F)cc(C(F)(F)F)c2)C1C)C1CCCCC1. The molecule has 2 atom stereocenters. The summed E-state index contributed by atoms with van der Waals surface area (Å²) >= 11 is 0. The number of aromatic nitrogens is 1. The van der Waals surface area contributed by atoms with Gasteiger partial charge in [-0.3, -0.25) is 4.90 Å².